The number of nitrogens with zero attached hydrogens (tertiary/aromatic N) is 1. The molecule has 1 aromatic heterocycles. The highest BCUT2D eigenvalue weighted by molar-refractivity contribution is 5.83. The molecule has 0 spiro atoms. The Kier molecular flexibility index (Phi) is 2.15. The molecule has 0 atom stereocenters. The van der Waals surface area contributed by atoms with E-state index >= 15 is 0 Å². The average molecular weight is 207 g/mol. The summed E-state index contributed by atoms with van der Waals surface area (Å²) in [5.74, 6) is 6.40. The Balaban J connectivity index is 2.34. The van der Waals surface area contributed by atoms with Gasteiger partial charge in [0.15, 0.2) is 0 Å². The van der Waals surface area contributed by atoms with Gasteiger partial charge in [0.1, 0.15) is 0 Å². The first-order chi connectivity index (χ1) is 7.86. The highest BCUT2D eigenvalue weighted by Crippen LogP contribution is 2.24. The second-order valence-electron chi connectivity index (χ2n) is 4.21. The Morgan fingerprint density at radius 2 is 2.06 bits per heavy atom. The van der Waals surface area contributed by atoms with Gasteiger partial charge in [-0.15, -0.1) is 5.92 Å². The molecule has 0 N–H and O–H groups in total. The Bertz CT molecular complexity index is 614. The van der Waals surface area contributed by atoms with Crippen LogP contribution in [0.25, 0.3) is 10.9 Å². The molecule has 1 aliphatic carbocycles. The standard InChI is InChI=1S/C15H13N/c1-11-12-7-3-2-4-9-14(12)16-15-10-6-5-8-13(11)15/h5-6,8,10H,4,7,9H2,1H3. The number of aryl methyl sites for hydroxylation is 2. The molecule has 2 aromatic rings. The van der Waals surface area contributed by atoms with Crippen molar-refractivity contribution in [2.45, 2.75) is 26.2 Å². The van der Waals surface area contributed by atoms with Crippen LogP contribution in [-0.2, 0) is 12.8 Å². The van der Waals surface area contributed by atoms with E-state index in [9.17, 15) is 0 Å². The van der Waals surface area contributed by atoms with Gasteiger partial charge in [-0.2, -0.15) is 0 Å². The fourth-order valence-electron chi connectivity index (χ4n) is 2.34. The molecule has 1 nitrogen and oxygen atoms in total. The molecule has 0 bridgehead atoms. The van der Waals surface area contributed by atoms with Crippen molar-refractivity contribution in [2.24, 2.45) is 0 Å². The smallest absolute Gasteiger partial charge is 0.0708 e. The van der Waals surface area contributed by atoms with Gasteiger partial charge in [-0.3, -0.25) is 4.98 Å². The van der Waals surface area contributed by atoms with Crippen LogP contribution in [0.3, 0.4) is 0 Å². The van der Waals surface area contributed by atoms with Gasteiger partial charge in [-0.25, -0.2) is 0 Å². The largest absolute Gasteiger partial charge is 0.252 e. The molecular formula is C15H13N. The summed E-state index contributed by atoms with van der Waals surface area (Å²) in [6.07, 6.45) is 2.80. The molecule has 1 heterocycles. The molecule has 16 heavy (non-hydrogen) atoms. The van der Waals surface area contributed by atoms with Crippen LogP contribution >= 0.6 is 0 Å². The third-order valence-corrected chi connectivity index (χ3v) is 3.24. The molecule has 0 amide bonds. The van der Waals surface area contributed by atoms with E-state index in [1.807, 2.05) is 6.07 Å². The lowest BCUT2D eigenvalue weighted by Crippen LogP contribution is -2.00. The first kappa shape index (κ1) is 9.42. The number of hydrogen-bond donors (Lipinski definition) is 0. The molecule has 0 aliphatic heterocycles. The minimum atomic E-state index is 0.860. The molecule has 1 aliphatic rings. The topological polar surface area (TPSA) is 12.9 Å². The maximum absolute atomic E-state index is 4.76. The highest BCUT2D eigenvalue weighted by atomic mass is 14.7. The molecule has 0 unspecified atom stereocenters. The van der Waals surface area contributed by atoms with Crippen molar-refractivity contribution in [2.75, 3.05) is 0 Å². The van der Waals surface area contributed by atoms with Crippen molar-refractivity contribution in [1.82, 2.24) is 4.98 Å². The number of rotatable bonds is 0. The molecule has 1 aromatic carbocycles. The Morgan fingerprint density at radius 3 is 3.00 bits per heavy atom. The number of para-hydroxylation sites is 1. The normalized spacial score (nSPS) is 13.8. The summed E-state index contributed by atoms with van der Waals surface area (Å²) in [5, 5.41) is 1.27. The zero-order valence-electron chi connectivity index (χ0n) is 9.38. The average Bonchev–Trinajstić information content (AvgIpc) is 2.55. The third kappa shape index (κ3) is 1.39. The van der Waals surface area contributed by atoms with Gasteiger partial charge in [0.2, 0.25) is 0 Å². The molecule has 0 fully saturated rings. The molecule has 3 rings (SSSR count). The van der Waals surface area contributed by atoms with E-state index in [-0.39, 0.29) is 0 Å². The first-order valence-electron chi connectivity index (χ1n) is 5.69. The van der Waals surface area contributed by atoms with Crippen molar-refractivity contribution in [3.8, 4) is 11.8 Å². The van der Waals surface area contributed by atoms with Crippen molar-refractivity contribution < 1.29 is 0 Å². The van der Waals surface area contributed by atoms with Crippen LogP contribution in [0.1, 0.15) is 23.2 Å². The summed E-state index contributed by atoms with van der Waals surface area (Å²) in [6, 6.07) is 8.37. The maximum atomic E-state index is 4.76. The molecule has 0 radical (unpaired) electrons. The van der Waals surface area contributed by atoms with Crippen molar-refractivity contribution >= 4 is 10.9 Å². The second kappa shape index (κ2) is 3.64. The fourth-order valence-corrected chi connectivity index (χ4v) is 2.34. The summed E-state index contributed by atoms with van der Waals surface area (Å²) in [7, 11) is 0. The van der Waals surface area contributed by atoms with Gasteiger partial charge < -0.3 is 0 Å². The van der Waals surface area contributed by atoms with Crippen LogP contribution in [0, 0.1) is 18.8 Å². The SMILES string of the molecule is Cc1c2c(nc3ccccc13)CCC#CC2. The fraction of sp³-hybridized carbons (Fsp3) is 0.267. The van der Waals surface area contributed by atoms with E-state index in [4.69, 9.17) is 4.98 Å². The molecule has 78 valence electrons. The van der Waals surface area contributed by atoms with Crippen LogP contribution in [0.5, 0.6) is 0 Å². The van der Waals surface area contributed by atoms with E-state index in [0.29, 0.717) is 0 Å². The molecule has 0 saturated heterocycles. The number of hydrogen-bond acceptors (Lipinski definition) is 1. The lowest BCUT2D eigenvalue weighted by Gasteiger charge is -2.11. The van der Waals surface area contributed by atoms with Gasteiger partial charge in [-0.1, -0.05) is 24.1 Å². The van der Waals surface area contributed by atoms with Gasteiger partial charge >= 0.3 is 0 Å². The Morgan fingerprint density at radius 1 is 1.19 bits per heavy atom. The molecule has 1 heteroatoms. The monoisotopic (exact) mass is 207 g/mol. The lowest BCUT2D eigenvalue weighted by molar-refractivity contribution is 0.955. The predicted molar refractivity (Wildman–Crippen MR) is 66.3 cm³/mol. The van der Waals surface area contributed by atoms with Crippen LogP contribution in [0.2, 0.25) is 0 Å². The third-order valence-electron chi connectivity index (χ3n) is 3.24. The van der Waals surface area contributed by atoms with Gasteiger partial charge in [0, 0.05) is 30.3 Å². The zero-order valence-corrected chi connectivity index (χ0v) is 9.38. The number of aromatic nitrogens is 1. The minimum absolute atomic E-state index is 0.860. The number of pyridine rings is 1. The van der Waals surface area contributed by atoms with Gasteiger partial charge in [0.25, 0.3) is 0 Å². The Hall–Kier alpha value is -1.81. The van der Waals surface area contributed by atoms with Crippen molar-refractivity contribution in [1.29, 1.82) is 0 Å². The quantitative estimate of drug-likeness (QED) is 0.605. The van der Waals surface area contributed by atoms with Crippen LogP contribution < -0.4 is 0 Å². The first-order valence-corrected chi connectivity index (χ1v) is 5.69. The lowest BCUT2D eigenvalue weighted by atomic mass is 9.99. The maximum Gasteiger partial charge on any atom is 0.0708 e. The van der Waals surface area contributed by atoms with E-state index in [1.165, 1.54) is 22.2 Å². The molecule has 0 saturated carbocycles. The summed E-state index contributed by atoms with van der Waals surface area (Å²) < 4.78 is 0. The van der Waals surface area contributed by atoms with E-state index in [2.05, 4.69) is 37.0 Å². The summed E-state index contributed by atoms with van der Waals surface area (Å²) in [4.78, 5) is 4.76. The summed E-state index contributed by atoms with van der Waals surface area (Å²) in [5.41, 5.74) is 5.05. The van der Waals surface area contributed by atoms with Gasteiger partial charge in [-0.05, 0) is 24.1 Å². The van der Waals surface area contributed by atoms with Crippen molar-refractivity contribution in [3.05, 3.63) is 41.1 Å². The zero-order chi connectivity index (χ0) is 11.0. The minimum Gasteiger partial charge on any atom is -0.252 e. The van der Waals surface area contributed by atoms with Gasteiger partial charge in [0.05, 0.1) is 5.52 Å². The predicted octanol–water partition coefficient (Wildman–Crippen LogP) is 3.04. The Labute approximate surface area is 95.5 Å². The van der Waals surface area contributed by atoms with Crippen molar-refractivity contribution in [3.63, 3.8) is 0 Å². The highest BCUT2D eigenvalue weighted by Gasteiger charge is 2.11. The van der Waals surface area contributed by atoms with E-state index < -0.39 is 0 Å². The summed E-state index contributed by atoms with van der Waals surface area (Å²) in [6.45, 7) is 2.19. The number of fused-ring (bicyclic) bond motifs is 2. The number of benzene rings is 1. The van der Waals surface area contributed by atoms with E-state index in [1.54, 1.807) is 0 Å². The van der Waals surface area contributed by atoms with Crippen LogP contribution in [-0.4, -0.2) is 4.98 Å². The summed E-state index contributed by atoms with van der Waals surface area (Å²) >= 11 is 0. The molecular weight excluding hydrogens is 194 g/mol. The second-order valence-corrected chi connectivity index (χ2v) is 4.21. The van der Waals surface area contributed by atoms with Crippen LogP contribution in [0.15, 0.2) is 24.3 Å². The van der Waals surface area contributed by atoms with E-state index in [0.717, 1.165) is 24.8 Å². The van der Waals surface area contributed by atoms with Crippen LogP contribution in [0.4, 0.5) is 0 Å².